The number of amides is 1. The molecule has 0 spiro atoms. The lowest BCUT2D eigenvalue weighted by Gasteiger charge is -2.39. The zero-order valence-electron chi connectivity index (χ0n) is 18.8. The van der Waals surface area contributed by atoms with E-state index in [-0.39, 0.29) is 19.1 Å². The Kier molecular flexibility index (Phi) is 6.12. The Labute approximate surface area is 192 Å². The van der Waals surface area contributed by atoms with Crippen LogP contribution in [0.4, 0.5) is 4.79 Å². The van der Waals surface area contributed by atoms with Crippen LogP contribution in [0.25, 0.3) is 11.1 Å². The average molecular weight is 453 g/mol. The molecule has 3 unspecified atom stereocenters. The van der Waals surface area contributed by atoms with Gasteiger partial charge in [-0.15, -0.1) is 0 Å². The van der Waals surface area contributed by atoms with Crippen molar-refractivity contribution in [3.05, 3.63) is 59.7 Å². The van der Waals surface area contributed by atoms with Crippen molar-refractivity contribution in [2.45, 2.75) is 44.4 Å². The molecule has 174 valence electrons. The van der Waals surface area contributed by atoms with Crippen molar-refractivity contribution in [1.29, 1.82) is 0 Å². The predicted molar refractivity (Wildman–Crippen MR) is 121 cm³/mol. The maximum atomic E-state index is 12.8. The van der Waals surface area contributed by atoms with E-state index in [1.54, 1.807) is 20.8 Å². The molecule has 3 atom stereocenters. The molecule has 1 aliphatic heterocycles. The summed E-state index contributed by atoms with van der Waals surface area (Å²) in [4.78, 5) is 37.0. The second kappa shape index (κ2) is 8.86. The van der Waals surface area contributed by atoms with Gasteiger partial charge in [-0.2, -0.15) is 0 Å². The average Bonchev–Trinajstić information content (AvgIpc) is 3.03. The molecule has 33 heavy (non-hydrogen) atoms. The fourth-order valence-corrected chi connectivity index (χ4v) is 4.43. The molecule has 1 aliphatic carbocycles. The standard InChI is InChI=1S/C25H28N2O6/c1-25(2,3)33-23(30)21(18-12-26-20(18)22(28)29)27-24(31)32-13-19-16-10-6-4-8-14(16)15-9-5-7-11-17(15)19/h4-11,18-21,26H,12-13H2,1-3H3,(H,27,31)(H,28,29). The minimum atomic E-state index is -1.14. The number of fused-ring (bicyclic) bond motifs is 3. The number of hydrogen-bond donors (Lipinski definition) is 3. The van der Waals surface area contributed by atoms with E-state index in [1.165, 1.54) is 0 Å². The van der Waals surface area contributed by atoms with Crippen LogP contribution in [-0.4, -0.2) is 54.0 Å². The third-order valence-corrected chi connectivity index (χ3v) is 5.97. The van der Waals surface area contributed by atoms with Crippen molar-refractivity contribution in [1.82, 2.24) is 10.6 Å². The Morgan fingerprint density at radius 1 is 1.06 bits per heavy atom. The molecule has 1 fully saturated rings. The highest BCUT2D eigenvalue weighted by Crippen LogP contribution is 2.44. The number of esters is 1. The third-order valence-electron chi connectivity index (χ3n) is 5.97. The molecule has 0 aromatic heterocycles. The van der Waals surface area contributed by atoms with Gasteiger partial charge < -0.3 is 25.2 Å². The fourth-order valence-electron chi connectivity index (χ4n) is 4.43. The van der Waals surface area contributed by atoms with Crippen molar-refractivity contribution in [2.75, 3.05) is 13.2 Å². The lowest BCUT2D eigenvalue weighted by molar-refractivity contribution is -0.161. The molecule has 8 heteroatoms. The fraction of sp³-hybridized carbons (Fsp3) is 0.400. The van der Waals surface area contributed by atoms with Crippen molar-refractivity contribution in [3.8, 4) is 11.1 Å². The van der Waals surface area contributed by atoms with Crippen LogP contribution in [0.15, 0.2) is 48.5 Å². The van der Waals surface area contributed by atoms with Crippen molar-refractivity contribution >= 4 is 18.0 Å². The third kappa shape index (κ3) is 4.71. The molecule has 2 aromatic carbocycles. The maximum absolute atomic E-state index is 12.8. The first kappa shape index (κ1) is 22.8. The SMILES string of the molecule is CC(C)(C)OC(=O)C(NC(=O)OCC1c2ccccc2-c2ccccc21)C1CNC1C(=O)O. The summed E-state index contributed by atoms with van der Waals surface area (Å²) in [5, 5.41) is 14.7. The molecule has 8 nitrogen and oxygen atoms in total. The molecule has 1 saturated heterocycles. The van der Waals surface area contributed by atoms with Gasteiger partial charge in [-0.3, -0.25) is 4.79 Å². The quantitative estimate of drug-likeness (QED) is 0.578. The molecule has 1 amide bonds. The number of alkyl carbamates (subject to hydrolysis) is 1. The van der Waals surface area contributed by atoms with Crippen LogP contribution in [0.1, 0.15) is 37.8 Å². The van der Waals surface area contributed by atoms with Gasteiger partial charge in [0.1, 0.15) is 24.3 Å². The van der Waals surface area contributed by atoms with E-state index in [9.17, 15) is 19.5 Å². The molecule has 0 radical (unpaired) electrons. The van der Waals surface area contributed by atoms with Gasteiger partial charge in [0, 0.05) is 18.4 Å². The van der Waals surface area contributed by atoms with Crippen LogP contribution in [0, 0.1) is 5.92 Å². The Bertz CT molecular complexity index is 1030. The van der Waals surface area contributed by atoms with Gasteiger partial charge >= 0.3 is 18.0 Å². The van der Waals surface area contributed by atoms with Crippen LogP contribution in [0.5, 0.6) is 0 Å². The van der Waals surface area contributed by atoms with Gasteiger partial charge in [0.25, 0.3) is 0 Å². The van der Waals surface area contributed by atoms with E-state index in [0.29, 0.717) is 0 Å². The first-order valence-corrected chi connectivity index (χ1v) is 11.0. The number of carboxylic acid groups (broad SMARTS) is 1. The van der Waals surface area contributed by atoms with Gasteiger partial charge in [-0.25, -0.2) is 9.59 Å². The number of carbonyl (C=O) groups is 3. The van der Waals surface area contributed by atoms with Crippen molar-refractivity contribution in [3.63, 3.8) is 0 Å². The zero-order valence-corrected chi connectivity index (χ0v) is 18.8. The molecular weight excluding hydrogens is 424 g/mol. The van der Waals surface area contributed by atoms with Gasteiger partial charge in [0.2, 0.25) is 0 Å². The molecule has 2 aromatic rings. The number of ether oxygens (including phenoxy) is 2. The molecule has 1 heterocycles. The summed E-state index contributed by atoms with van der Waals surface area (Å²) in [6.45, 7) is 5.49. The van der Waals surface area contributed by atoms with E-state index >= 15 is 0 Å². The zero-order chi connectivity index (χ0) is 23.8. The summed E-state index contributed by atoms with van der Waals surface area (Å²) in [5.74, 6) is -2.54. The minimum Gasteiger partial charge on any atom is -0.480 e. The van der Waals surface area contributed by atoms with Crippen LogP contribution in [-0.2, 0) is 19.1 Å². The largest absolute Gasteiger partial charge is 0.480 e. The van der Waals surface area contributed by atoms with Crippen molar-refractivity contribution in [2.24, 2.45) is 5.92 Å². The number of rotatable bonds is 6. The van der Waals surface area contributed by atoms with Gasteiger partial charge in [0.15, 0.2) is 0 Å². The normalized spacial score (nSPS) is 20.1. The van der Waals surface area contributed by atoms with E-state index in [0.717, 1.165) is 22.3 Å². The molecule has 2 aliphatic rings. The van der Waals surface area contributed by atoms with Crippen LogP contribution in [0.2, 0.25) is 0 Å². The molecular formula is C25H28N2O6. The number of hydrogen-bond acceptors (Lipinski definition) is 6. The highest BCUT2D eigenvalue weighted by atomic mass is 16.6. The predicted octanol–water partition coefficient (Wildman–Crippen LogP) is 2.91. The lowest BCUT2D eigenvalue weighted by Crippen LogP contribution is -2.66. The number of aliphatic carboxylic acids is 1. The Morgan fingerprint density at radius 2 is 1.64 bits per heavy atom. The van der Waals surface area contributed by atoms with Crippen LogP contribution in [0.3, 0.4) is 0 Å². The smallest absolute Gasteiger partial charge is 0.407 e. The van der Waals surface area contributed by atoms with E-state index in [1.807, 2.05) is 48.5 Å². The van der Waals surface area contributed by atoms with Crippen LogP contribution < -0.4 is 10.6 Å². The Hall–Kier alpha value is -3.39. The summed E-state index contributed by atoms with van der Waals surface area (Å²) < 4.78 is 11.0. The van der Waals surface area contributed by atoms with Crippen LogP contribution >= 0.6 is 0 Å². The van der Waals surface area contributed by atoms with Gasteiger partial charge in [-0.1, -0.05) is 48.5 Å². The summed E-state index contributed by atoms with van der Waals surface area (Å²) in [6.07, 6.45) is -0.788. The first-order chi connectivity index (χ1) is 15.7. The maximum Gasteiger partial charge on any atom is 0.407 e. The number of carboxylic acids is 1. The monoisotopic (exact) mass is 452 g/mol. The number of carbonyl (C=O) groups excluding carboxylic acids is 2. The lowest BCUT2D eigenvalue weighted by atomic mass is 9.84. The first-order valence-electron chi connectivity index (χ1n) is 11.0. The van der Waals surface area contributed by atoms with Crippen molar-refractivity contribution < 1.29 is 29.0 Å². The highest BCUT2D eigenvalue weighted by Gasteiger charge is 2.46. The number of benzene rings is 2. The van der Waals surface area contributed by atoms with E-state index in [4.69, 9.17) is 9.47 Å². The molecule has 3 N–H and O–H groups in total. The highest BCUT2D eigenvalue weighted by molar-refractivity contribution is 5.85. The molecule has 0 bridgehead atoms. The topological polar surface area (TPSA) is 114 Å². The summed E-state index contributed by atoms with van der Waals surface area (Å²) >= 11 is 0. The minimum absolute atomic E-state index is 0.0895. The molecule has 0 saturated carbocycles. The summed E-state index contributed by atoms with van der Waals surface area (Å²) in [5.41, 5.74) is 3.58. The second-order valence-electron chi connectivity index (χ2n) is 9.37. The summed E-state index contributed by atoms with van der Waals surface area (Å²) in [7, 11) is 0. The van der Waals surface area contributed by atoms with E-state index < -0.39 is 41.6 Å². The Balaban J connectivity index is 1.47. The molecule has 4 rings (SSSR count). The van der Waals surface area contributed by atoms with Gasteiger partial charge in [0.05, 0.1) is 0 Å². The second-order valence-corrected chi connectivity index (χ2v) is 9.37. The van der Waals surface area contributed by atoms with E-state index in [2.05, 4.69) is 10.6 Å². The Morgan fingerprint density at radius 3 is 2.12 bits per heavy atom. The van der Waals surface area contributed by atoms with Gasteiger partial charge in [-0.05, 0) is 43.0 Å². The number of nitrogens with one attached hydrogen (secondary N) is 2. The summed E-state index contributed by atoms with van der Waals surface area (Å²) in [6, 6.07) is 13.9.